The molecule has 4 nitrogen and oxygen atoms in total. The zero-order chi connectivity index (χ0) is 15.7. The summed E-state index contributed by atoms with van der Waals surface area (Å²) in [6.07, 6.45) is -1.55. The van der Waals surface area contributed by atoms with Gasteiger partial charge in [-0.2, -0.15) is 13.2 Å². The fourth-order valence-corrected chi connectivity index (χ4v) is 2.34. The SMILES string of the molecule is CC1(C)CC(=O)c2cnc(CCOCC(F)(F)F)nc2C1. The van der Waals surface area contributed by atoms with Crippen molar-refractivity contribution in [1.29, 1.82) is 0 Å². The maximum Gasteiger partial charge on any atom is 0.411 e. The molecule has 0 radical (unpaired) electrons. The lowest BCUT2D eigenvalue weighted by atomic mass is 9.76. The zero-order valence-electron chi connectivity index (χ0n) is 12.0. The number of aromatic nitrogens is 2. The molecule has 1 aliphatic rings. The van der Waals surface area contributed by atoms with Gasteiger partial charge in [-0.15, -0.1) is 0 Å². The molecule has 0 atom stereocenters. The van der Waals surface area contributed by atoms with Gasteiger partial charge < -0.3 is 4.74 Å². The first-order valence-electron chi connectivity index (χ1n) is 6.69. The molecule has 0 spiro atoms. The van der Waals surface area contributed by atoms with Crippen molar-refractivity contribution in [2.24, 2.45) is 5.41 Å². The van der Waals surface area contributed by atoms with Crippen LogP contribution in [0.4, 0.5) is 13.2 Å². The lowest BCUT2D eigenvalue weighted by Gasteiger charge is -2.29. The first kappa shape index (κ1) is 15.9. The lowest BCUT2D eigenvalue weighted by Crippen LogP contribution is -2.28. The molecule has 0 saturated heterocycles. The molecule has 116 valence electrons. The number of fused-ring (bicyclic) bond motifs is 1. The molecular formula is C14H17F3N2O2. The second-order valence-corrected chi connectivity index (χ2v) is 6.01. The second kappa shape index (κ2) is 5.71. The van der Waals surface area contributed by atoms with Crippen molar-refractivity contribution in [3.63, 3.8) is 0 Å². The third-order valence-corrected chi connectivity index (χ3v) is 3.24. The Morgan fingerprint density at radius 1 is 1.33 bits per heavy atom. The number of carbonyl (C=O) groups is 1. The first-order valence-corrected chi connectivity index (χ1v) is 6.69. The van der Waals surface area contributed by atoms with Crippen molar-refractivity contribution in [1.82, 2.24) is 9.97 Å². The molecule has 0 fully saturated rings. The first-order chi connectivity index (χ1) is 9.66. The third kappa shape index (κ3) is 4.49. The highest BCUT2D eigenvalue weighted by Crippen LogP contribution is 2.33. The van der Waals surface area contributed by atoms with E-state index < -0.39 is 12.8 Å². The smallest absolute Gasteiger partial charge is 0.372 e. The van der Waals surface area contributed by atoms with E-state index in [2.05, 4.69) is 14.7 Å². The molecule has 0 N–H and O–H groups in total. The molecule has 0 bridgehead atoms. The van der Waals surface area contributed by atoms with Crippen molar-refractivity contribution in [2.75, 3.05) is 13.2 Å². The number of rotatable bonds is 4. The lowest BCUT2D eigenvalue weighted by molar-refractivity contribution is -0.173. The van der Waals surface area contributed by atoms with E-state index in [1.807, 2.05) is 13.8 Å². The van der Waals surface area contributed by atoms with Gasteiger partial charge in [0.2, 0.25) is 0 Å². The van der Waals surface area contributed by atoms with Crippen LogP contribution in [-0.4, -0.2) is 35.1 Å². The van der Waals surface area contributed by atoms with Crippen LogP contribution in [0.15, 0.2) is 6.20 Å². The van der Waals surface area contributed by atoms with Crippen molar-refractivity contribution in [2.45, 2.75) is 39.3 Å². The van der Waals surface area contributed by atoms with Crippen LogP contribution in [0.3, 0.4) is 0 Å². The summed E-state index contributed by atoms with van der Waals surface area (Å²) in [4.78, 5) is 20.3. The highest BCUT2D eigenvalue weighted by molar-refractivity contribution is 5.98. The van der Waals surface area contributed by atoms with Gasteiger partial charge >= 0.3 is 6.18 Å². The average molecular weight is 302 g/mol. The Hall–Kier alpha value is -1.50. The van der Waals surface area contributed by atoms with Gasteiger partial charge in [0.05, 0.1) is 17.9 Å². The Balaban J connectivity index is 1.99. The largest absolute Gasteiger partial charge is 0.411 e. The van der Waals surface area contributed by atoms with Crippen LogP contribution in [0.5, 0.6) is 0 Å². The molecule has 1 aromatic rings. The number of alkyl halides is 3. The van der Waals surface area contributed by atoms with Gasteiger partial charge in [-0.1, -0.05) is 13.8 Å². The Morgan fingerprint density at radius 2 is 2.05 bits per heavy atom. The van der Waals surface area contributed by atoms with E-state index in [0.29, 0.717) is 29.9 Å². The third-order valence-electron chi connectivity index (χ3n) is 3.24. The Bertz CT molecular complexity index is 542. The summed E-state index contributed by atoms with van der Waals surface area (Å²) < 4.78 is 40.4. The number of ether oxygens (including phenoxy) is 1. The minimum atomic E-state index is -4.33. The van der Waals surface area contributed by atoms with E-state index in [9.17, 15) is 18.0 Å². The van der Waals surface area contributed by atoms with Crippen molar-refractivity contribution in [3.8, 4) is 0 Å². The summed E-state index contributed by atoms with van der Waals surface area (Å²) in [7, 11) is 0. The normalized spacial score (nSPS) is 17.7. The van der Waals surface area contributed by atoms with Gasteiger partial charge in [-0.3, -0.25) is 4.79 Å². The van der Waals surface area contributed by atoms with Crippen LogP contribution < -0.4 is 0 Å². The number of Topliss-reactive ketones (excluding diaryl/α,β-unsaturated/α-hetero) is 1. The summed E-state index contributed by atoms with van der Waals surface area (Å²) in [5, 5.41) is 0. The van der Waals surface area contributed by atoms with Crippen LogP contribution in [0, 0.1) is 5.41 Å². The van der Waals surface area contributed by atoms with E-state index >= 15 is 0 Å². The predicted octanol–water partition coefficient (Wildman–Crippen LogP) is 2.75. The standard InChI is InChI=1S/C14H17F3N2O2/c1-13(2)5-10-9(11(20)6-13)7-18-12(19-10)3-4-21-8-14(15,16)17/h7H,3-6,8H2,1-2H3. The molecule has 2 rings (SSSR count). The molecule has 0 unspecified atom stereocenters. The van der Waals surface area contributed by atoms with Gasteiger partial charge in [0.25, 0.3) is 0 Å². The average Bonchev–Trinajstić information content (AvgIpc) is 2.31. The number of ketones is 1. The molecule has 1 heterocycles. The monoisotopic (exact) mass is 302 g/mol. The molecular weight excluding hydrogens is 285 g/mol. The number of nitrogens with zero attached hydrogens (tertiary/aromatic N) is 2. The molecule has 1 aliphatic carbocycles. The molecule has 1 aromatic heterocycles. The Morgan fingerprint density at radius 3 is 2.71 bits per heavy atom. The maximum absolute atomic E-state index is 12.0. The van der Waals surface area contributed by atoms with E-state index in [4.69, 9.17) is 0 Å². The number of hydrogen-bond acceptors (Lipinski definition) is 4. The van der Waals surface area contributed by atoms with E-state index in [1.165, 1.54) is 6.20 Å². The fraction of sp³-hybridized carbons (Fsp3) is 0.643. The van der Waals surface area contributed by atoms with Crippen LogP contribution in [0.1, 0.15) is 42.1 Å². The number of carbonyl (C=O) groups excluding carboxylic acids is 1. The minimum absolute atomic E-state index is 0.0149. The Kier molecular flexibility index (Phi) is 4.32. The van der Waals surface area contributed by atoms with Crippen LogP contribution in [0.25, 0.3) is 0 Å². The van der Waals surface area contributed by atoms with Gasteiger partial charge in [0, 0.05) is 19.0 Å². The quantitative estimate of drug-likeness (QED) is 0.803. The van der Waals surface area contributed by atoms with Gasteiger partial charge in [-0.05, 0) is 11.8 Å². The zero-order valence-corrected chi connectivity index (χ0v) is 12.0. The number of hydrogen-bond donors (Lipinski definition) is 0. The van der Waals surface area contributed by atoms with E-state index in [-0.39, 0.29) is 24.2 Å². The van der Waals surface area contributed by atoms with E-state index in [0.717, 1.165) is 0 Å². The maximum atomic E-state index is 12.0. The van der Waals surface area contributed by atoms with Crippen LogP contribution in [-0.2, 0) is 17.6 Å². The summed E-state index contributed by atoms with van der Waals surface area (Å²) in [5.41, 5.74) is 1.05. The molecule has 0 aliphatic heterocycles. The molecule has 21 heavy (non-hydrogen) atoms. The van der Waals surface area contributed by atoms with Gasteiger partial charge in [-0.25, -0.2) is 9.97 Å². The summed E-state index contributed by atoms with van der Waals surface area (Å²) in [6.45, 7) is 2.60. The number of halogens is 3. The summed E-state index contributed by atoms with van der Waals surface area (Å²) >= 11 is 0. The molecule has 0 saturated carbocycles. The van der Waals surface area contributed by atoms with Crippen molar-refractivity contribution in [3.05, 3.63) is 23.3 Å². The second-order valence-electron chi connectivity index (χ2n) is 6.01. The molecule has 0 amide bonds. The predicted molar refractivity (Wildman–Crippen MR) is 69.0 cm³/mol. The van der Waals surface area contributed by atoms with Crippen molar-refractivity contribution >= 4 is 5.78 Å². The Labute approximate surface area is 120 Å². The minimum Gasteiger partial charge on any atom is -0.372 e. The highest BCUT2D eigenvalue weighted by atomic mass is 19.4. The topological polar surface area (TPSA) is 52.1 Å². The fourth-order valence-electron chi connectivity index (χ4n) is 2.34. The molecule has 7 heteroatoms. The summed E-state index contributed by atoms with van der Waals surface area (Å²) in [6, 6.07) is 0. The molecule has 0 aromatic carbocycles. The van der Waals surface area contributed by atoms with Crippen LogP contribution >= 0.6 is 0 Å². The summed E-state index contributed by atoms with van der Waals surface area (Å²) in [5.74, 6) is 0.419. The highest BCUT2D eigenvalue weighted by Gasteiger charge is 2.32. The van der Waals surface area contributed by atoms with Gasteiger partial charge in [0.15, 0.2) is 5.78 Å². The van der Waals surface area contributed by atoms with Gasteiger partial charge in [0.1, 0.15) is 12.4 Å². The van der Waals surface area contributed by atoms with Crippen molar-refractivity contribution < 1.29 is 22.7 Å². The van der Waals surface area contributed by atoms with Crippen LogP contribution in [0.2, 0.25) is 0 Å². The van der Waals surface area contributed by atoms with E-state index in [1.54, 1.807) is 0 Å².